The summed E-state index contributed by atoms with van der Waals surface area (Å²) in [7, 11) is 7.36. The summed E-state index contributed by atoms with van der Waals surface area (Å²) in [6, 6.07) is 8.45. The predicted molar refractivity (Wildman–Crippen MR) is 131 cm³/mol. The third-order valence-electron chi connectivity index (χ3n) is 4.56. The first-order valence-electron chi connectivity index (χ1n) is 11.1. The van der Waals surface area contributed by atoms with Gasteiger partial charge in [-0.2, -0.15) is 0 Å². The molecule has 5 N–H and O–H groups in total. The second-order valence-electron chi connectivity index (χ2n) is 7.10. The van der Waals surface area contributed by atoms with Gasteiger partial charge >= 0.3 is 21.2 Å². The van der Waals surface area contributed by atoms with Crippen LogP contribution in [0.25, 0.3) is 0 Å². The highest BCUT2D eigenvalue weighted by molar-refractivity contribution is 6.27. The Labute approximate surface area is 204 Å². The summed E-state index contributed by atoms with van der Waals surface area (Å²) in [5.74, 6) is -0.741. The highest BCUT2D eigenvalue weighted by Gasteiger charge is 2.26. The molecular formula is C20H35B3N5O6. The number of nitrogens with two attached hydrogens (primary N) is 1. The Morgan fingerprint density at radius 3 is 2.53 bits per heavy atom. The molecule has 0 aromatic heterocycles. The fourth-order valence-corrected chi connectivity index (χ4v) is 2.86. The quantitative estimate of drug-likeness (QED) is 0.0716. The summed E-state index contributed by atoms with van der Waals surface area (Å²) in [5, 5.41) is 9.04. The molecule has 1 aromatic carbocycles. The van der Waals surface area contributed by atoms with Crippen LogP contribution in [0.4, 0.5) is 0 Å². The van der Waals surface area contributed by atoms with Crippen LogP contribution >= 0.6 is 0 Å². The zero-order valence-electron chi connectivity index (χ0n) is 20.0. The van der Waals surface area contributed by atoms with Gasteiger partial charge in [0.15, 0.2) is 0 Å². The van der Waals surface area contributed by atoms with E-state index in [9.17, 15) is 9.59 Å². The van der Waals surface area contributed by atoms with E-state index in [1.54, 1.807) is 19.5 Å². The molecule has 3 radical (unpaired) electrons. The Kier molecular flexibility index (Phi) is 18.1. The molecule has 0 fully saturated rings. The molecule has 1 rings (SSSR count). The molecule has 0 aliphatic carbocycles. The lowest BCUT2D eigenvalue weighted by Crippen LogP contribution is -2.46. The van der Waals surface area contributed by atoms with Gasteiger partial charge in [0.1, 0.15) is 12.6 Å². The van der Waals surface area contributed by atoms with Gasteiger partial charge in [-0.25, -0.2) is 0 Å². The summed E-state index contributed by atoms with van der Waals surface area (Å²) in [5.41, 5.74) is 6.19. The predicted octanol–water partition coefficient (Wildman–Crippen LogP) is -1.58. The van der Waals surface area contributed by atoms with Crippen LogP contribution in [0.1, 0.15) is 12.0 Å². The monoisotopic (exact) mass is 474 g/mol. The van der Waals surface area contributed by atoms with Gasteiger partial charge in [0.2, 0.25) is 5.91 Å². The lowest BCUT2D eigenvalue weighted by atomic mass is 9.95. The topological polar surface area (TPSA) is 136 Å². The van der Waals surface area contributed by atoms with Crippen molar-refractivity contribution in [3.8, 4) is 0 Å². The van der Waals surface area contributed by atoms with Crippen LogP contribution in [0.5, 0.6) is 0 Å². The van der Waals surface area contributed by atoms with Gasteiger partial charge in [0.25, 0.3) is 7.48 Å². The Bertz CT molecular complexity index is 665. The Morgan fingerprint density at radius 1 is 1.06 bits per heavy atom. The molecule has 1 atom stereocenters. The molecule has 0 heterocycles. The molecule has 0 aliphatic rings. The molecule has 0 aliphatic heterocycles. The van der Waals surface area contributed by atoms with Crippen molar-refractivity contribution in [2.75, 3.05) is 53.7 Å². The molecule has 1 aromatic rings. The van der Waals surface area contributed by atoms with Gasteiger partial charge in [-0.05, 0) is 18.4 Å². The van der Waals surface area contributed by atoms with Crippen LogP contribution in [-0.2, 0) is 34.9 Å². The van der Waals surface area contributed by atoms with E-state index in [0.717, 1.165) is 5.56 Å². The minimum Gasteiger partial charge on any atom is -0.460 e. The maximum absolute atomic E-state index is 13.0. The van der Waals surface area contributed by atoms with E-state index < -0.39 is 12.0 Å². The number of hydrogen-bond acceptors (Lipinski definition) is 10. The number of esters is 1. The summed E-state index contributed by atoms with van der Waals surface area (Å²) in [6.45, 7) is 3.05. The number of hydrogen-bond donors (Lipinski definition) is 4. The molecule has 0 bridgehead atoms. The average molecular weight is 474 g/mol. The first-order valence-corrected chi connectivity index (χ1v) is 11.1. The second kappa shape index (κ2) is 20.4. The van der Waals surface area contributed by atoms with Gasteiger partial charge in [-0.15, -0.1) is 0 Å². The summed E-state index contributed by atoms with van der Waals surface area (Å²) in [6.07, 6.45) is 0.420. The Hall–Kier alpha value is -1.93. The number of nitrogens with one attached hydrogen (secondary N) is 3. The number of rotatable bonds is 21. The van der Waals surface area contributed by atoms with Gasteiger partial charge < -0.3 is 45.1 Å². The lowest BCUT2D eigenvalue weighted by molar-refractivity contribution is -0.149. The maximum atomic E-state index is 13.0. The smallest absolute Gasteiger partial charge is 0.396 e. The number of carbonyl (C=O) groups excluding carboxylic acids is 2. The lowest BCUT2D eigenvalue weighted by Gasteiger charge is -2.25. The van der Waals surface area contributed by atoms with Crippen molar-refractivity contribution < 1.29 is 28.3 Å². The van der Waals surface area contributed by atoms with E-state index in [0.29, 0.717) is 39.0 Å². The molecule has 1 amide bonds. The SMILES string of the molecule is CO[B]NCCNCCN(CC[B]OCN)C(=O)C[C@H](N[B]OC)C(=O)OCc1ccccc1. The molecule has 34 heavy (non-hydrogen) atoms. The summed E-state index contributed by atoms with van der Waals surface area (Å²) in [4.78, 5) is 27.4. The zero-order chi connectivity index (χ0) is 24.9. The summed E-state index contributed by atoms with van der Waals surface area (Å²) >= 11 is 0. The first kappa shape index (κ1) is 30.1. The number of carbonyl (C=O) groups is 2. The van der Waals surface area contributed by atoms with E-state index in [1.807, 2.05) is 30.3 Å². The maximum Gasteiger partial charge on any atom is 0.396 e. The van der Waals surface area contributed by atoms with E-state index in [1.165, 1.54) is 22.3 Å². The molecule has 185 valence electrons. The van der Waals surface area contributed by atoms with Gasteiger partial charge in [-0.1, -0.05) is 30.3 Å². The van der Waals surface area contributed by atoms with Crippen molar-refractivity contribution in [1.29, 1.82) is 0 Å². The van der Waals surface area contributed by atoms with Crippen molar-refractivity contribution in [3.05, 3.63) is 35.9 Å². The highest BCUT2D eigenvalue weighted by atomic mass is 16.5. The molecule has 0 saturated heterocycles. The molecule has 14 heteroatoms. The van der Waals surface area contributed by atoms with Crippen LogP contribution < -0.4 is 21.5 Å². The Balaban J connectivity index is 2.62. The van der Waals surface area contributed by atoms with E-state index >= 15 is 0 Å². The highest BCUT2D eigenvalue weighted by Crippen LogP contribution is 2.06. The van der Waals surface area contributed by atoms with Gasteiger partial charge in [-0.3, -0.25) is 9.59 Å². The Morgan fingerprint density at radius 2 is 1.82 bits per heavy atom. The first-order chi connectivity index (χ1) is 16.6. The van der Waals surface area contributed by atoms with Crippen LogP contribution in [0.3, 0.4) is 0 Å². The van der Waals surface area contributed by atoms with Gasteiger partial charge in [0, 0.05) is 40.4 Å². The van der Waals surface area contributed by atoms with Crippen molar-refractivity contribution in [2.24, 2.45) is 5.73 Å². The third-order valence-corrected chi connectivity index (χ3v) is 4.56. The molecule has 0 unspecified atom stereocenters. The number of amides is 1. The van der Waals surface area contributed by atoms with Gasteiger partial charge in [0.05, 0.1) is 13.2 Å². The minimum absolute atomic E-state index is 0.0765. The van der Waals surface area contributed by atoms with E-state index in [-0.39, 0.29) is 25.7 Å². The zero-order valence-corrected chi connectivity index (χ0v) is 20.0. The number of ether oxygens (including phenoxy) is 1. The third kappa shape index (κ3) is 14.4. The number of nitrogens with zero attached hydrogens (tertiary/aromatic N) is 1. The molecule has 0 spiro atoms. The van der Waals surface area contributed by atoms with Crippen molar-refractivity contribution >= 4 is 34.6 Å². The number of benzene rings is 1. The van der Waals surface area contributed by atoms with Crippen LogP contribution in [0.15, 0.2) is 30.3 Å². The van der Waals surface area contributed by atoms with Crippen molar-refractivity contribution in [1.82, 2.24) is 20.7 Å². The van der Waals surface area contributed by atoms with E-state index in [2.05, 4.69) is 15.8 Å². The second-order valence-corrected chi connectivity index (χ2v) is 7.10. The van der Waals surface area contributed by atoms with E-state index in [4.69, 9.17) is 24.4 Å². The molecule has 11 nitrogen and oxygen atoms in total. The van der Waals surface area contributed by atoms with Crippen molar-refractivity contribution in [2.45, 2.75) is 25.4 Å². The molecular weight excluding hydrogens is 439 g/mol. The fraction of sp³-hybridized carbons (Fsp3) is 0.600. The van der Waals surface area contributed by atoms with Crippen LogP contribution in [0.2, 0.25) is 6.32 Å². The average Bonchev–Trinajstić information content (AvgIpc) is 2.86. The minimum atomic E-state index is -0.885. The fourth-order valence-electron chi connectivity index (χ4n) is 2.86. The van der Waals surface area contributed by atoms with Crippen molar-refractivity contribution in [3.63, 3.8) is 0 Å². The largest absolute Gasteiger partial charge is 0.460 e. The van der Waals surface area contributed by atoms with Crippen LogP contribution in [0, 0.1) is 0 Å². The van der Waals surface area contributed by atoms with Crippen LogP contribution in [-0.4, -0.2) is 99.2 Å². The molecule has 0 saturated carbocycles. The standard InChI is InChI=1S/C20H35B3N5O6/c1-31-22-26-10-9-25-11-13-28(12-8-21-34-16-24)19(29)14-18(27-23-32-2)20(30)33-15-17-6-4-3-5-7-17/h3-7,18,25-27H,8-16,24H2,1-2H3/t18-/m0/s1. The normalized spacial score (nSPS) is 11.5. The summed E-state index contributed by atoms with van der Waals surface area (Å²) < 4.78 is 20.2.